The van der Waals surface area contributed by atoms with Gasteiger partial charge in [0.2, 0.25) is 0 Å². The first-order chi connectivity index (χ1) is 11.5. The number of benzene rings is 2. The molecule has 0 saturated heterocycles. The van der Waals surface area contributed by atoms with Crippen molar-refractivity contribution in [3.05, 3.63) is 70.8 Å². The van der Waals surface area contributed by atoms with Crippen LogP contribution < -0.4 is 0 Å². The van der Waals surface area contributed by atoms with Crippen LogP contribution in [0.1, 0.15) is 31.8 Å². The highest BCUT2D eigenvalue weighted by atomic mass is 31.1. The van der Waals surface area contributed by atoms with Gasteiger partial charge < -0.3 is 19.3 Å². The fourth-order valence-corrected chi connectivity index (χ4v) is 2.36. The van der Waals surface area contributed by atoms with Gasteiger partial charge in [0.25, 0.3) is 0 Å². The highest BCUT2D eigenvalue weighted by molar-refractivity contribution is 7.34. The molecule has 0 heterocycles. The van der Waals surface area contributed by atoms with Gasteiger partial charge in [-0.3, -0.25) is 0 Å². The molecule has 2 aromatic rings. The van der Waals surface area contributed by atoms with Crippen LogP contribution in [0.3, 0.4) is 0 Å². The Labute approximate surface area is 138 Å². The van der Waals surface area contributed by atoms with Gasteiger partial charge in [-0.05, 0) is 35.4 Å². The third kappa shape index (κ3) is 4.76. The third-order valence-electron chi connectivity index (χ3n) is 3.10. The predicted octanol–water partition coefficient (Wildman–Crippen LogP) is 2.07. The summed E-state index contributed by atoms with van der Waals surface area (Å²) in [5.41, 5.74) is 1.46. The van der Waals surface area contributed by atoms with Gasteiger partial charge in [0.1, 0.15) is 0 Å². The Morgan fingerprint density at radius 1 is 0.750 bits per heavy atom. The van der Waals surface area contributed by atoms with Crippen LogP contribution in [-0.4, -0.2) is 22.2 Å². The van der Waals surface area contributed by atoms with Gasteiger partial charge in [-0.1, -0.05) is 24.3 Å². The molecule has 2 rings (SSSR count). The number of rotatable bonds is 6. The predicted molar refractivity (Wildman–Crippen MR) is 84.6 cm³/mol. The lowest BCUT2D eigenvalue weighted by molar-refractivity contribution is 0.0653. The molecule has 0 fully saturated rings. The molecule has 7 nitrogen and oxygen atoms in total. The van der Waals surface area contributed by atoms with E-state index >= 15 is 0 Å². The first kappa shape index (κ1) is 17.9. The normalized spacial score (nSPS) is 10.5. The fraction of sp³-hybridized carbons (Fsp3) is 0.125. The molecule has 2 N–H and O–H groups in total. The minimum atomic E-state index is -3.36. The molecule has 0 unspecified atom stereocenters. The molecule has 0 aliphatic carbocycles. The molecule has 0 aromatic heterocycles. The van der Waals surface area contributed by atoms with E-state index in [0.29, 0.717) is 11.1 Å². The summed E-state index contributed by atoms with van der Waals surface area (Å²) in [7, 11) is -3.36. The largest absolute Gasteiger partial charge is 0.423 e. The van der Waals surface area contributed by atoms with E-state index in [9.17, 15) is 14.2 Å². The second-order valence-electron chi connectivity index (χ2n) is 4.74. The van der Waals surface area contributed by atoms with Crippen molar-refractivity contribution >= 4 is 20.2 Å². The van der Waals surface area contributed by atoms with Gasteiger partial charge in [-0.2, -0.15) is 0 Å². The Kier molecular flexibility index (Phi) is 6.26. The maximum absolute atomic E-state index is 11.8. The van der Waals surface area contributed by atoms with E-state index in [1.54, 1.807) is 0 Å². The standard InChI is InChI=1S/C16H15O7P/c17-9-11-1-5-13(6-2-11)15(19)22-24(21)23-16(20)14-7-3-12(10-18)4-8-14/h1-8,17-18,24H,9-10H2. The summed E-state index contributed by atoms with van der Waals surface area (Å²) < 4.78 is 20.9. The van der Waals surface area contributed by atoms with E-state index < -0.39 is 20.2 Å². The van der Waals surface area contributed by atoms with Gasteiger partial charge in [0.05, 0.1) is 24.3 Å². The van der Waals surface area contributed by atoms with Crippen LogP contribution in [0, 0.1) is 0 Å². The molecule has 0 saturated carbocycles. The molecule has 0 amide bonds. The van der Waals surface area contributed by atoms with E-state index in [4.69, 9.17) is 10.2 Å². The number of carbonyl (C=O) groups excluding carboxylic acids is 2. The van der Waals surface area contributed by atoms with Crippen LogP contribution in [-0.2, 0) is 26.8 Å². The van der Waals surface area contributed by atoms with Crippen molar-refractivity contribution in [2.24, 2.45) is 0 Å². The lowest BCUT2D eigenvalue weighted by atomic mass is 10.1. The van der Waals surface area contributed by atoms with E-state index in [1.807, 2.05) is 0 Å². The van der Waals surface area contributed by atoms with E-state index in [2.05, 4.69) is 9.05 Å². The van der Waals surface area contributed by atoms with Crippen molar-refractivity contribution < 1.29 is 33.4 Å². The topological polar surface area (TPSA) is 110 Å². The maximum Gasteiger partial charge on any atom is 0.423 e. The Bertz CT molecular complexity index is 675. The van der Waals surface area contributed by atoms with Crippen molar-refractivity contribution in [1.29, 1.82) is 0 Å². The molecule has 0 aliphatic rings. The lowest BCUT2D eigenvalue weighted by Gasteiger charge is -2.06. The summed E-state index contributed by atoms with van der Waals surface area (Å²) in [6, 6.07) is 11.7. The van der Waals surface area contributed by atoms with Crippen LogP contribution in [0.2, 0.25) is 0 Å². The average Bonchev–Trinajstić information content (AvgIpc) is 2.61. The quantitative estimate of drug-likeness (QED) is 0.767. The van der Waals surface area contributed by atoms with Crippen molar-refractivity contribution in [3.8, 4) is 0 Å². The highest BCUT2D eigenvalue weighted by Gasteiger charge is 2.16. The van der Waals surface area contributed by atoms with Crippen molar-refractivity contribution in [1.82, 2.24) is 0 Å². The first-order valence-corrected chi connectivity index (χ1v) is 8.14. The Balaban J connectivity index is 1.93. The van der Waals surface area contributed by atoms with Gasteiger partial charge in [-0.25, -0.2) is 14.2 Å². The molecule has 0 radical (unpaired) electrons. The van der Waals surface area contributed by atoms with Crippen LogP contribution in [0.4, 0.5) is 0 Å². The zero-order valence-electron chi connectivity index (χ0n) is 12.5. The second kappa shape index (κ2) is 8.40. The number of carbonyl (C=O) groups is 2. The average molecular weight is 350 g/mol. The maximum atomic E-state index is 11.8. The summed E-state index contributed by atoms with van der Waals surface area (Å²) in [5, 5.41) is 17.8. The zero-order chi connectivity index (χ0) is 17.5. The van der Waals surface area contributed by atoms with E-state index in [0.717, 1.165) is 0 Å². The summed E-state index contributed by atoms with van der Waals surface area (Å²) in [5.74, 6) is -1.79. The molecule has 24 heavy (non-hydrogen) atoms. The Morgan fingerprint density at radius 2 is 1.08 bits per heavy atom. The molecule has 2 aromatic carbocycles. The Morgan fingerprint density at radius 3 is 1.38 bits per heavy atom. The SMILES string of the molecule is O=C(O[PH](=O)OC(=O)c1ccc(CO)cc1)c1ccc(CO)cc1. The summed E-state index contributed by atoms with van der Waals surface area (Å²) in [6.07, 6.45) is 0. The van der Waals surface area contributed by atoms with Crippen LogP contribution in [0.15, 0.2) is 48.5 Å². The van der Waals surface area contributed by atoms with Crippen LogP contribution in [0.5, 0.6) is 0 Å². The molecule has 0 spiro atoms. The summed E-state index contributed by atoms with van der Waals surface area (Å²) >= 11 is 0. The minimum Gasteiger partial charge on any atom is -0.392 e. The molecule has 0 aliphatic heterocycles. The fourth-order valence-electron chi connectivity index (χ4n) is 1.78. The summed E-state index contributed by atoms with van der Waals surface area (Å²) in [6.45, 7) is -0.336. The second-order valence-corrected chi connectivity index (χ2v) is 5.65. The van der Waals surface area contributed by atoms with E-state index in [1.165, 1.54) is 48.5 Å². The van der Waals surface area contributed by atoms with Crippen LogP contribution >= 0.6 is 8.25 Å². The van der Waals surface area contributed by atoms with Gasteiger partial charge in [0.15, 0.2) is 0 Å². The monoisotopic (exact) mass is 350 g/mol. The molecule has 126 valence electrons. The molecular weight excluding hydrogens is 335 g/mol. The number of hydrogen-bond acceptors (Lipinski definition) is 7. The number of hydrogen-bond donors (Lipinski definition) is 2. The van der Waals surface area contributed by atoms with Gasteiger partial charge >= 0.3 is 20.2 Å². The molecule has 8 heteroatoms. The smallest absolute Gasteiger partial charge is 0.392 e. The lowest BCUT2D eigenvalue weighted by Crippen LogP contribution is -2.04. The van der Waals surface area contributed by atoms with Crippen molar-refractivity contribution in [2.45, 2.75) is 13.2 Å². The first-order valence-electron chi connectivity index (χ1n) is 6.91. The molecular formula is C16H15O7P. The van der Waals surface area contributed by atoms with Gasteiger partial charge in [-0.15, -0.1) is 0 Å². The minimum absolute atomic E-state index is 0.119. The van der Waals surface area contributed by atoms with Gasteiger partial charge in [0, 0.05) is 0 Å². The van der Waals surface area contributed by atoms with Crippen molar-refractivity contribution in [3.63, 3.8) is 0 Å². The third-order valence-corrected chi connectivity index (χ3v) is 3.80. The van der Waals surface area contributed by atoms with Crippen molar-refractivity contribution in [2.75, 3.05) is 0 Å². The molecule has 0 bridgehead atoms. The number of aliphatic hydroxyl groups excluding tert-OH is 2. The number of aliphatic hydroxyl groups is 2. The summed E-state index contributed by atoms with van der Waals surface area (Å²) in [4.78, 5) is 23.6. The highest BCUT2D eigenvalue weighted by Crippen LogP contribution is 2.27. The van der Waals surface area contributed by atoms with E-state index in [-0.39, 0.29) is 24.3 Å². The Hall–Kier alpha value is -2.47. The van der Waals surface area contributed by atoms with Crippen LogP contribution in [0.25, 0.3) is 0 Å². The zero-order valence-corrected chi connectivity index (χ0v) is 13.5. The molecule has 0 atom stereocenters.